The third kappa shape index (κ3) is 6.07. The summed E-state index contributed by atoms with van der Waals surface area (Å²) in [5, 5.41) is 3.29. The van der Waals surface area contributed by atoms with E-state index in [4.69, 9.17) is 9.47 Å². The van der Waals surface area contributed by atoms with Crippen LogP contribution in [-0.4, -0.2) is 26.9 Å². The first kappa shape index (κ1) is 19.3. The van der Waals surface area contributed by atoms with Gasteiger partial charge in [0.25, 0.3) is 0 Å². The first-order chi connectivity index (χ1) is 11.9. The zero-order chi connectivity index (χ0) is 18.3. The summed E-state index contributed by atoms with van der Waals surface area (Å²) in [4.78, 5) is 0. The Kier molecular flexibility index (Phi) is 6.84. The molecule has 0 spiro atoms. The summed E-state index contributed by atoms with van der Waals surface area (Å²) in [6.45, 7) is 2.98. The topological polar surface area (TPSA) is 30.5 Å². The first-order valence-electron chi connectivity index (χ1n) is 7.99. The molecule has 0 aromatic heterocycles. The van der Waals surface area contributed by atoms with E-state index in [1.807, 2.05) is 30.3 Å². The van der Waals surface area contributed by atoms with Crippen LogP contribution in [0.5, 0.6) is 5.75 Å². The summed E-state index contributed by atoms with van der Waals surface area (Å²) in [5.41, 5.74) is 0.807. The molecule has 0 fully saturated rings. The third-order valence-corrected chi connectivity index (χ3v) is 3.69. The number of hydrogen-bond donors (Lipinski definition) is 1. The molecule has 0 aliphatic heterocycles. The molecule has 0 aliphatic rings. The lowest BCUT2D eigenvalue weighted by molar-refractivity contribution is -0.137. The highest BCUT2D eigenvalue weighted by atomic mass is 19.4. The zero-order valence-corrected chi connectivity index (χ0v) is 14.3. The number of aryl methyl sites for hydroxylation is 1. The molecule has 25 heavy (non-hydrogen) atoms. The van der Waals surface area contributed by atoms with Crippen molar-refractivity contribution in [1.82, 2.24) is 5.32 Å². The minimum Gasteiger partial charge on any atom is -0.492 e. The summed E-state index contributed by atoms with van der Waals surface area (Å²) in [6, 6.07) is 13.2. The SMILES string of the molecule is COCCNC(COc1cc(C)cc(C(F)(F)F)c1)c1ccccc1. The number of nitrogens with one attached hydrogen (secondary N) is 1. The quantitative estimate of drug-likeness (QED) is 0.715. The Bertz CT molecular complexity index is 659. The molecular formula is C19H22F3NO2. The van der Waals surface area contributed by atoms with Crippen molar-refractivity contribution in [3.05, 3.63) is 65.2 Å². The van der Waals surface area contributed by atoms with E-state index in [0.29, 0.717) is 18.7 Å². The number of halogens is 3. The van der Waals surface area contributed by atoms with Gasteiger partial charge in [0.2, 0.25) is 0 Å². The van der Waals surface area contributed by atoms with Gasteiger partial charge in [-0.05, 0) is 36.2 Å². The molecule has 1 unspecified atom stereocenters. The van der Waals surface area contributed by atoms with E-state index in [1.54, 1.807) is 20.1 Å². The molecule has 2 rings (SSSR count). The van der Waals surface area contributed by atoms with Crippen molar-refractivity contribution in [3.8, 4) is 5.75 Å². The van der Waals surface area contributed by atoms with Crippen LogP contribution in [0.15, 0.2) is 48.5 Å². The Morgan fingerprint density at radius 1 is 1.08 bits per heavy atom. The number of rotatable bonds is 8. The van der Waals surface area contributed by atoms with Crippen LogP contribution in [0, 0.1) is 6.92 Å². The van der Waals surface area contributed by atoms with Gasteiger partial charge >= 0.3 is 6.18 Å². The van der Waals surface area contributed by atoms with Crippen LogP contribution in [0.2, 0.25) is 0 Å². The molecule has 2 aromatic carbocycles. The van der Waals surface area contributed by atoms with Crippen molar-refractivity contribution in [2.24, 2.45) is 0 Å². The van der Waals surface area contributed by atoms with Crippen LogP contribution in [0.25, 0.3) is 0 Å². The molecule has 0 saturated heterocycles. The Balaban J connectivity index is 2.10. The largest absolute Gasteiger partial charge is 0.492 e. The second-order valence-electron chi connectivity index (χ2n) is 5.75. The van der Waals surface area contributed by atoms with E-state index < -0.39 is 11.7 Å². The lowest BCUT2D eigenvalue weighted by Gasteiger charge is -2.20. The van der Waals surface area contributed by atoms with Gasteiger partial charge in [-0.25, -0.2) is 0 Å². The molecule has 1 N–H and O–H groups in total. The van der Waals surface area contributed by atoms with Gasteiger partial charge in [-0.2, -0.15) is 13.2 Å². The summed E-state index contributed by atoms with van der Waals surface area (Å²) in [6.07, 6.45) is -4.39. The Labute approximate surface area is 145 Å². The predicted molar refractivity (Wildman–Crippen MR) is 90.7 cm³/mol. The lowest BCUT2D eigenvalue weighted by Crippen LogP contribution is -2.29. The third-order valence-electron chi connectivity index (χ3n) is 3.69. The van der Waals surface area contributed by atoms with Gasteiger partial charge in [0, 0.05) is 13.7 Å². The monoisotopic (exact) mass is 353 g/mol. The van der Waals surface area contributed by atoms with Crippen LogP contribution in [0.3, 0.4) is 0 Å². The van der Waals surface area contributed by atoms with E-state index >= 15 is 0 Å². The summed E-state index contributed by atoms with van der Waals surface area (Å²) < 4.78 is 49.5. The van der Waals surface area contributed by atoms with Gasteiger partial charge in [0.1, 0.15) is 12.4 Å². The van der Waals surface area contributed by atoms with Crippen molar-refractivity contribution in [2.75, 3.05) is 26.9 Å². The molecule has 1 atom stereocenters. The minimum absolute atomic E-state index is 0.147. The second-order valence-corrected chi connectivity index (χ2v) is 5.75. The van der Waals surface area contributed by atoms with Gasteiger partial charge in [-0.15, -0.1) is 0 Å². The molecule has 0 heterocycles. The normalized spacial score (nSPS) is 12.8. The van der Waals surface area contributed by atoms with Crippen LogP contribution < -0.4 is 10.1 Å². The first-order valence-corrected chi connectivity index (χ1v) is 7.99. The number of ether oxygens (including phenoxy) is 2. The van der Waals surface area contributed by atoms with Crippen LogP contribution in [0.4, 0.5) is 13.2 Å². The second kappa shape index (κ2) is 8.87. The summed E-state index contributed by atoms with van der Waals surface area (Å²) in [7, 11) is 1.61. The average molecular weight is 353 g/mol. The number of benzene rings is 2. The molecule has 2 aromatic rings. The molecule has 0 aliphatic carbocycles. The van der Waals surface area contributed by atoms with Crippen LogP contribution >= 0.6 is 0 Å². The highest BCUT2D eigenvalue weighted by Crippen LogP contribution is 2.32. The van der Waals surface area contributed by atoms with E-state index in [9.17, 15) is 13.2 Å². The van der Waals surface area contributed by atoms with Gasteiger partial charge < -0.3 is 14.8 Å². The molecule has 0 radical (unpaired) electrons. The van der Waals surface area contributed by atoms with Crippen molar-refractivity contribution >= 4 is 0 Å². The number of methoxy groups -OCH3 is 1. The molecule has 0 saturated carbocycles. The fraction of sp³-hybridized carbons (Fsp3) is 0.368. The van der Waals surface area contributed by atoms with Gasteiger partial charge in [-0.1, -0.05) is 30.3 Å². The molecule has 3 nitrogen and oxygen atoms in total. The highest BCUT2D eigenvalue weighted by molar-refractivity contribution is 5.35. The number of hydrogen-bond acceptors (Lipinski definition) is 3. The van der Waals surface area contributed by atoms with E-state index in [2.05, 4.69) is 5.32 Å². The predicted octanol–water partition coefficient (Wildman–Crippen LogP) is 4.37. The van der Waals surface area contributed by atoms with Crippen molar-refractivity contribution in [1.29, 1.82) is 0 Å². The van der Waals surface area contributed by atoms with Gasteiger partial charge in [-0.3, -0.25) is 0 Å². The van der Waals surface area contributed by atoms with Crippen LogP contribution in [0.1, 0.15) is 22.7 Å². The number of alkyl halides is 3. The smallest absolute Gasteiger partial charge is 0.416 e. The lowest BCUT2D eigenvalue weighted by atomic mass is 10.1. The maximum atomic E-state index is 12.9. The maximum Gasteiger partial charge on any atom is 0.416 e. The molecule has 0 amide bonds. The Morgan fingerprint density at radius 2 is 1.80 bits per heavy atom. The van der Waals surface area contributed by atoms with Gasteiger partial charge in [0.15, 0.2) is 0 Å². The minimum atomic E-state index is -4.39. The molecule has 136 valence electrons. The van der Waals surface area contributed by atoms with E-state index in [-0.39, 0.29) is 18.4 Å². The van der Waals surface area contributed by atoms with Crippen molar-refractivity contribution < 1.29 is 22.6 Å². The van der Waals surface area contributed by atoms with Crippen molar-refractivity contribution in [2.45, 2.75) is 19.1 Å². The summed E-state index contributed by atoms with van der Waals surface area (Å²) >= 11 is 0. The van der Waals surface area contributed by atoms with E-state index in [0.717, 1.165) is 17.7 Å². The Hall–Kier alpha value is -2.05. The average Bonchev–Trinajstić information content (AvgIpc) is 2.57. The maximum absolute atomic E-state index is 12.9. The fourth-order valence-electron chi connectivity index (χ4n) is 2.47. The van der Waals surface area contributed by atoms with Crippen LogP contribution in [-0.2, 0) is 10.9 Å². The Morgan fingerprint density at radius 3 is 2.44 bits per heavy atom. The zero-order valence-electron chi connectivity index (χ0n) is 14.3. The van der Waals surface area contributed by atoms with E-state index in [1.165, 1.54) is 0 Å². The highest BCUT2D eigenvalue weighted by Gasteiger charge is 2.31. The molecule has 0 bridgehead atoms. The summed E-state index contributed by atoms with van der Waals surface area (Å²) in [5.74, 6) is 0.210. The molecule has 6 heteroatoms. The van der Waals surface area contributed by atoms with Gasteiger partial charge in [0.05, 0.1) is 18.2 Å². The molecular weight excluding hydrogens is 331 g/mol. The van der Waals surface area contributed by atoms with Crippen molar-refractivity contribution in [3.63, 3.8) is 0 Å². The standard InChI is InChI=1S/C19H22F3NO2/c1-14-10-16(19(20,21)22)12-17(11-14)25-13-18(23-8-9-24-2)15-6-4-3-5-7-15/h3-7,10-12,18,23H,8-9,13H2,1-2H3. The fourth-order valence-corrected chi connectivity index (χ4v) is 2.47.